The highest BCUT2D eigenvalue weighted by Crippen LogP contribution is 2.12. The van der Waals surface area contributed by atoms with E-state index in [-0.39, 0.29) is 0 Å². The molecule has 0 aliphatic heterocycles. The third-order valence-electron chi connectivity index (χ3n) is 4.31. The van der Waals surface area contributed by atoms with Crippen molar-refractivity contribution in [2.75, 3.05) is 6.54 Å². The number of unbranched alkanes of at least 4 members (excludes halogenated alkanes) is 8. The minimum absolute atomic E-state index is 0.885. The number of hydrogen-bond donors (Lipinski definition) is 1. The lowest BCUT2D eigenvalue weighted by Crippen LogP contribution is -2.14. The maximum absolute atomic E-state index is 3.54. The molecule has 0 bridgehead atoms. The van der Waals surface area contributed by atoms with Gasteiger partial charge in [0.25, 0.3) is 0 Å². The van der Waals surface area contributed by atoms with Crippen molar-refractivity contribution in [3.05, 3.63) is 35.9 Å². The summed E-state index contributed by atoms with van der Waals surface area (Å²) in [5.74, 6) is 0.885. The quantitative estimate of drug-likeness (QED) is 0.396. The van der Waals surface area contributed by atoms with Crippen LogP contribution < -0.4 is 5.32 Å². The second kappa shape index (κ2) is 13.8. The van der Waals surface area contributed by atoms with Crippen LogP contribution in [0.1, 0.15) is 83.6 Å². The summed E-state index contributed by atoms with van der Waals surface area (Å²) < 4.78 is 0. The molecule has 1 rings (SSSR count). The Morgan fingerprint density at radius 2 is 1.27 bits per heavy atom. The molecule has 1 heteroatoms. The lowest BCUT2D eigenvalue weighted by Gasteiger charge is -2.06. The molecule has 0 spiro atoms. The van der Waals surface area contributed by atoms with Crippen LogP contribution in [0.15, 0.2) is 30.3 Å². The monoisotopic (exact) mass is 303 g/mol. The fourth-order valence-electron chi connectivity index (χ4n) is 2.87. The smallest absolute Gasteiger partial charge is 0.0205 e. The molecule has 0 aliphatic carbocycles. The molecule has 0 fully saturated rings. The predicted octanol–water partition coefficient (Wildman–Crippen LogP) is 6.33. The van der Waals surface area contributed by atoms with Crippen LogP contribution in [0.4, 0.5) is 0 Å². The molecule has 0 saturated heterocycles. The molecule has 0 saturated carbocycles. The number of benzene rings is 1. The van der Waals surface area contributed by atoms with E-state index in [0.717, 1.165) is 19.0 Å². The van der Waals surface area contributed by atoms with Crippen LogP contribution in [0.5, 0.6) is 0 Å². The zero-order chi connectivity index (χ0) is 15.9. The lowest BCUT2D eigenvalue weighted by molar-refractivity contribution is 0.504. The van der Waals surface area contributed by atoms with Crippen molar-refractivity contribution in [3.8, 4) is 0 Å². The molecule has 1 N–H and O–H groups in total. The average molecular weight is 304 g/mol. The van der Waals surface area contributed by atoms with Crippen molar-refractivity contribution in [1.82, 2.24) is 5.32 Å². The molecule has 0 aliphatic rings. The lowest BCUT2D eigenvalue weighted by atomic mass is 10.0. The molecule has 1 aromatic carbocycles. The van der Waals surface area contributed by atoms with E-state index in [2.05, 4.69) is 49.5 Å². The third kappa shape index (κ3) is 11.8. The van der Waals surface area contributed by atoms with Crippen LogP contribution in [-0.4, -0.2) is 6.54 Å². The second-order valence-corrected chi connectivity index (χ2v) is 7.03. The van der Waals surface area contributed by atoms with E-state index >= 15 is 0 Å². The van der Waals surface area contributed by atoms with E-state index in [0.29, 0.717) is 0 Å². The largest absolute Gasteiger partial charge is 0.313 e. The topological polar surface area (TPSA) is 12.0 Å². The van der Waals surface area contributed by atoms with Crippen LogP contribution >= 0.6 is 0 Å². The highest BCUT2D eigenvalue weighted by Gasteiger charge is 1.96. The Morgan fingerprint density at radius 1 is 0.727 bits per heavy atom. The van der Waals surface area contributed by atoms with Gasteiger partial charge in [0.05, 0.1) is 0 Å². The minimum atomic E-state index is 0.885. The van der Waals surface area contributed by atoms with E-state index in [9.17, 15) is 0 Å². The maximum Gasteiger partial charge on any atom is 0.0205 e. The summed E-state index contributed by atoms with van der Waals surface area (Å²) >= 11 is 0. The Labute approximate surface area is 138 Å². The second-order valence-electron chi connectivity index (χ2n) is 7.03. The van der Waals surface area contributed by atoms with Gasteiger partial charge in [-0.15, -0.1) is 0 Å². The number of nitrogens with one attached hydrogen (secondary N) is 1. The van der Waals surface area contributed by atoms with Gasteiger partial charge in [0.1, 0.15) is 0 Å². The van der Waals surface area contributed by atoms with E-state index < -0.39 is 0 Å². The van der Waals surface area contributed by atoms with Crippen LogP contribution in [0.2, 0.25) is 0 Å². The highest BCUT2D eigenvalue weighted by atomic mass is 14.8. The molecule has 1 nitrogen and oxygen atoms in total. The van der Waals surface area contributed by atoms with Crippen molar-refractivity contribution >= 4 is 0 Å². The summed E-state index contributed by atoms with van der Waals surface area (Å²) in [6.07, 6.45) is 14.2. The molecule has 0 unspecified atom stereocenters. The Balaban J connectivity index is 1.75. The zero-order valence-electron chi connectivity index (χ0n) is 14.9. The van der Waals surface area contributed by atoms with Gasteiger partial charge in [0, 0.05) is 6.54 Å². The van der Waals surface area contributed by atoms with Crippen molar-refractivity contribution < 1.29 is 0 Å². The Kier molecular flexibility index (Phi) is 12.1. The number of hydrogen-bond acceptors (Lipinski definition) is 1. The summed E-state index contributed by atoms with van der Waals surface area (Å²) in [4.78, 5) is 0. The minimum Gasteiger partial charge on any atom is -0.313 e. The molecule has 22 heavy (non-hydrogen) atoms. The first-order valence-electron chi connectivity index (χ1n) is 9.53. The van der Waals surface area contributed by atoms with Gasteiger partial charge in [-0.2, -0.15) is 0 Å². The van der Waals surface area contributed by atoms with Gasteiger partial charge >= 0.3 is 0 Å². The average Bonchev–Trinajstić information content (AvgIpc) is 2.52. The standard InChI is InChI=1S/C21H37N/c1-20(2)15-11-8-6-4-3-5-7-9-14-18-22-19-21-16-12-10-13-17-21/h10,12-13,16-17,20,22H,3-9,11,14-15,18-19H2,1-2H3. The highest BCUT2D eigenvalue weighted by molar-refractivity contribution is 5.14. The molecule has 0 heterocycles. The van der Waals surface area contributed by atoms with Crippen molar-refractivity contribution in [2.45, 2.75) is 84.6 Å². The summed E-state index contributed by atoms with van der Waals surface area (Å²) in [5, 5.41) is 3.54. The van der Waals surface area contributed by atoms with Gasteiger partial charge in [0.15, 0.2) is 0 Å². The molecule has 0 radical (unpaired) electrons. The van der Waals surface area contributed by atoms with Gasteiger partial charge < -0.3 is 5.32 Å². The van der Waals surface area contributed by atoms with Crippen LogP contribution in [0, 0.1) is 5.92 Å². The van der Waals surface area contributed by atoms with Gasteiger partial charge in [0.2, 0.25) is 0 Å². The zero-order valence-corrected chi connectivity index (χ0v) is 14.9. The fraction of sp³-hybridized carbons (Fsp3) is 0.714. The molecular formula is C21H37N. The van der Waals surface area contributed by atoms with E-state index in [1.165, 1.54) is 69.8 Å². The van der Waals surface area contributed by atoms with Crippen molar-refractivity contribution in [3.63, 3.8) is 0 Å². The number of rotatable bonds is 14. The van der Waals surface area contributed by atoms with Gasteiger partial charge in [-0.05, 0) is 24.4 Å². The van der Waals surface area contributed by atoms with Crippen LogP contribution in [-0.2, 0) is 6.54 Å². The van der Waals surface area contributed by atoms with E-state index in [4.69, 9.17) is 0 Å². The first-order chi connectivity index (χ1) is 10.8. The van der Waals surface area contributed by atoms with Crippen molar-refractivity contribution in [2.24, 2.45) is 5.92 Å². The van der Waals surface area contributed by atoms with Gasteiger partial charge in [-0.1, -0.05) is 102 Å². The molecule has 0 atom stereocenters. The summed E-state index contributed by atoms with van der Waals surface area (Å²) in [6, 6.07) is 10.7. The Morgan fingerprint density at radius 3 is 1.86 bits per heavy atom. The van der Waals surface area contributed by atoms with Gasteiger partial charge in [-0.3, -0.25) is 0 Å². The predicted molar refractivity (Wildman–Crippen MR) is 99.2 cm³/mol. The molecule has 1 aromatic rings. The summed E-state index contributed by atoms with van der Waals surface area (Å²) in [7, 11) is 0. The first kappa shape index (κ1) is 19.2. The first-order valence-corrected chi connectivity index (χ1v) is 9.53. The normalized spacial score (nSPS) is 11.2. The van der Waals surface area contributed by atoms with Gasteiger partial charge in [-0.25, -0.2) is 0 Å². The third-order valence-corrected chi connectivity index (χ3v) is 4.31. The van der Waals surface area contributed by atoms with E-state index in [1.807, 2.05) is 0 Å². The summed E-state index contributed by atoms with van der Waals surface area (Å²) in [6.45, 7) is 6.82. The molecule has 0 aromatic heterocycles. The van der Waals surface area contributed by atoms with Crippen LogP contribution in [0.3, 0.4) is 0 Å². The summed E-state index contributed by atoms with van der Waals surface area (Å²) in [5.41, 5.74) is 1.39. The Bertz CT molecular complexity index is 331. The molecular weight excluding hydrogens is 266 g/mol. The van der Waals surface area contributed by atoms with E-state index in [1.54, 1.807) is 0 Å². The van der Waals surface area contributed by atoms with Crippen molar-refractivity contribution in [1.29, 1.82) is 0 Å². The molecule has 0 amide bonds. The Hall–Kier alpha value is -0.820. The fourth-order valence-corrected chi connectivity index (χ4v) is 2.87. The molecule has 126 valence electrons. The van der Waals surface area contributed by atoms with Crippen LogP contribution in [0.25, 0.3) is 0 Å². The maximum atomic E-state index is 3.54. The SMILES string of the molecule is CC(C)CCCCCCCCCCCNCc1ccccc1.